The molecule has 4 rings (SSSR count). The second-order valence-electron chi connectivity index (χ2n) is 8.67. The van der Waals surface area contributed by atoms with Crippen molar-refractivity contribution in [3.05, 3.63) is 57.6 Å². The van der Waals surface area contributed by atoms with Crippen LogP contribution in [-0.4, -0.2) is 48.4 Å². The minimum absolute atomic E-state index is 0.137. The van der Waals surface area contributed by atoms with Gasteiger partial charge in [0.25, 0.3) is 17.7 Å². The Bertz CT molecular complexity index is 1230. The Kier molecular flexibility index (Phi) is 7.73. The van der Waals surface area contributed by atoms with E-state index in [1.54, 1.807) is 24.3 Å². The van der Waals surface area contributed by atoms with Gasteiger partial charge in [-0.15, -0.1) is 0 Å². The Morgan fingerprint density at radius 3 is 2.53 bits per heavy atom. The van der Waals surface area contributed by atoms with E-state index in [1.807, 2.05) is 19.1 Å². The van der Waals surface area contributed by atoms with Gasteiger partial charge in [-0.2, -0.15) is 0 Å². The number of urea groups is 1. The van der Waals surface area contributed by atoms with Gasteiger partial charge in [-0.25, -0.2) is 4.79 Å². The molecule has 1 saturated carbocycles. The number of nitrogens with zero attached hydrogens (tertiary/aromatic N) is 1. The Labute approximate surface area is 216 Å². The fraction of sp³-hybridized carbons (Fsp3) is 0.308. The lowest BCUT2D eigenvalue weighted by molar-refractivity contribution is -0.131. The SMILES string of the molecule is COc1cc(/C=C2\C(=O)NC(=O)N(C3CCCC3)C2=O)cc(Br)c1OCC(=O)Nc1ccc(C)cc1. The Hall–Kier alpha value is -3.66. The van der Waals surface area contributed by atoms with Crippen molar-refractivity contribution < 1.29 is 28.7 Å². The van der Waals surface area contributed by atoms with Gasteiger partial charge >= 0.3 is 6.03 Å². The summed E-state index contributed by atoms with van der Waals surface area (Å²) in [6.45, 7) is 1.70. The van der Waals surface area contributed by atoms with Crippen molar-refractivity contribution in [1.29, 1.82) is 0 Å². The first-order valence-corrected chi connectivity index (χ1v) is 12.3. The van der Waals surface area contributed by atoms with Crippen LogP contribution in [0.1, 0.15) is 36.8 Å². The number of nitrogens with one attached hydrogen (secondary N) is 2. The molecule has 1 aliphatic heterocycles. The van der Waals surface area contributed by atoms with Crippen molar-refractivity contribution in [2.24, 2.45) is 0 Å². The Balaban J connectivity index is 1.51. The fourth-order valence-electron chi connectivity index (χ4n) is 4.27. The number of carbonyl (C=O) groups excluding carboxylic acids is 4. The third kappa shape index (κ3) is 5.59. The highest BCUT2D eigenvalue weighted by molar-refractivity contribution is 9.10. The first-order valence-electron chi connectivity index (χ1n) is 11.5. The highest BCUT2D eigenvalue weighted by Gasteiger charge is 2.40. The van der Waals surface area contributed by atoms with Crippen molar-refractivity contribution in [2.45, 2.75) is 38.6 Å². The summed E-state index contributed by atoms with van der Waals surface area (Å²) in [6.07, 6.45) is 4.73. The molecular weight excluding hydrogens is 530 g/mol. The summed E-state index contributed by atoms with van der Waals surface area (Å²) in [5.41, 5.74) is 2.08. The molecule has 0 aromatic heterocycles. The standard InChI is InChI=1S/C26H26BrN3O6/c1-15-7-9-17(10-8-15)28-22(31)14-36-23-20(27)12-16(13-21(23)35-2)11-19-24(32)29-26(34)30(25(19)33)18-5-3-4-6-18/h7-13,18H,3-6,14H2,1-2H3,(H,28,31)(H,29,32,34)/b19-11+. The smallest absolute Gasteiger partial charge is 0.331 e. The normalized spacial score (nSPS) is 17.4. The average molecular weight is 556 g/mol. The van der Waals surface area contributed by atoms with E-state index in [0.29, 0.717) is 27.2 Å². The van der Waals surface area contributed by atoms with Crippen LogP contribution < -0.4 is 20.1 Å². The number of carbonyl (C=O) groups is 4. The Morgan fingerprint density at radius 2 is 1.86 bits per heavy atom. The Morgan fingerprint density at radius 1 is 1.17 bits per heavy atom. The van der Waals surface area contributed by atoms with E-state index in [-0.39, 0.29) is 24.1 Å². The molecule has 1 heterocycles. The van der Waals surface area contributed by atoms with Crippen LogP contribution in [0, 0.1) is 6.92 Å². The van der Waals surface area contributed by atoms with Gasteiger partial charge in [0.1, 0.15) is 5.57 Å². The minimum atomic E-state index is -0.748. The first kappa shape index (κ1) is 25.4. The summed E-state index contributed by atoms with van der Waals surface area (Å²) in [5.74, 6) is -1.12. The van der Waals surface area contributed by atoms with Crippen molar-refractivity contribution in [2.75, 3.05) is 19.0 Å². The number of imide groups is 2. The summed E-state index contributed by atoms with van der Waals surface area (Å²) in [4.78, 5) is 51.3. The largest absolute Gasteiger partial charge is 0.493 e. The molecule has 0 unspecified atom stereocenters. The summed E-state index contributed by atoms with van der Waals surface area (Å²) < 4.78 is 11.6. The second-order valence-corrected chi connectivity index (χ2v) is 9.52. The molecule has 1 saturated heterocycles. The maximum absolute atomic E-state index is 13.1. The van der Waals surface area contributed by atoms with Crippen LogP contribution in [0.5, 0.6) is 11.5 Å². The van der Waals surface area contributed by atoms with Gasteiger partial charge < -0.3 is 14.8 Å². The molecule has 2 aromatic rings. The maximum atomic E-state index is 13.1. The first-order chi connectivity index (χ1) is 17.3. The van der Waals surface area contributed by atoms with Crippen LogP contribution in [-0.2, 0) is 14.4 Å². The van der Waals surface area contributed by atoms with Crippen LogP contribution in [0.15, 0.2) is 46.4 Å². The molecule has 1 aliphatic carbocycles. The van der Waals surface area contributed by atoms with E-state index in [9.17, 15) is 19.2 Å². The molecule has 0 radical (unpaired) electrons. The number of benzene rings is 2. The lowest BCUT2D eigenvalue weighted by Crippen LogP contribution is -2.57. The van der Waals surface area contributed by atoms with Crippen LogP contribution in [0.3, 0.4) is 0 Å². The molecule has 5 amide bonds. The van der Waals surface area contributed by atoms with Crippen molar-refractivity contribution in [3.63, 3.8) is 0 Å². The predicted octanol–water partition coefficient (Wildman–Crippen LogP) is 4.19. The van der Waals surface area contributed by atoms with Gasteiger partial charge in [0.15, 0.2) is 18.1 Å². The monoisotopic (exact) mass is 555 g/mol. The minimum Gasteiger partial charge on any atom is -0.493 e. The number of rotatable bonds is 7. The molecule has 0 bridgehead atoms. The van der Waals surface area contributed by atoms with E-state index in [1.165, 1.54) is 13.2 Å². The molecule has 2 N–H and O–H groups in total. The van der Waals surface area contributed by atoms with Crippen LogP contribution in [0.4, 0.5) is 10.5 Å². The molecule has 2 fully saturated rings. The number of hydrogen-bond acceptors (Lipinski definition) is 6. The van der Waals surface area contributed by atoms with Crippen molar-refractivity contribution >= 4 is 51.4 Å². The molecule has 9 nitrogen and oxygen atoms in total. The summed E-state index contributed by atoms with van der Waals surface area (Å²) in [6, 6.07) is 9.72. The van der Waals surface area contributed by atoms with Gasteiger partial charge in [-0.3, -0.25) is 24.6 Å². The maximum Gasteiger partial charge on any atom is 0.331 e. The second kappa shape index (κ2) is 10.9. The number of aryl methyl sites for hydroxylation is 1. The zero-order valence-corrected chi connectivity index (χ0v) is 21.5. The van der Waals surface area contributed by atoms with Gasteiger partial charge in [0, 0.05) is 11.7 Å². The van der Waals surface area contributed by atoms with Crippen molar-refractivity contribution in [1.82, 2.24) is 10.2 Å². The number of hydrogen-bond donors (Lipinski definition) is 2. The zero-order valence-electron chi connectivity index (χ0n) is 19.9. The summed E-state index contributed by atoms with van der Waals surface area (Å²) in [5, 5.41) is 5.02. The van der Waals surface area contributed by atoms with Crippen LogP contribution >= 0.6 is 15.9 Å². The average Bonchev–Trinajstić information content (AvgIpc) is 3.36. The fourth-order valence-corrected chi connectivity index (χ4v) is 4.84. The zero-order chi connectivity index (χ0) is 25.8. The van der Waals surface area contributed by atoms with E-state index in [2.05, 4.69) is 26.6 Å². The number of methoxy groups -OCH3 is 1. The quantitative estimate of drug-likeness (QED) is 0.391. The number of halogens is 1. The number of ether oxygens (including phenoxy) is 2. The third-order valence-electron chi connectivity index (χ3n) is 6.07. The third-order valence-corrected chi connectivity index (χ3v) is 6.66. The molecule has 0 spiro atoms. The van der Waals surface area contributed by atoms with E-state index >= 15 is 0 Å². The van der Waals surface area contributed by atoms with Gasteiger partial charge in [0.2, 0.25) is 0 Å². The van der Waals surface area contributed by atoms with E-state index < -0.39 is 17.8 Å². The predicted molar refractivity (Wildman–Crippen MR) is 137 cm³/mol. The number of anilines is 1. The molecule has 36 heavy (non-hydrogen) atoms. The molecule has 10 heteroatoms. The summed E-state index contributed by atoms with van der Waals surface area (Å²) >= 11 is 3.42. The van der Waals surface area contributed by atoms with Gasteiger partial charge in [-0.05, 0) is 71.6 Å². The topological polar surface area (TPSA) is 114 Å². The van der Waals surface area contributed by atoms with E-state index in [4.69, 9.17) is 9.47 Å². The number of barbiturate groups is 1. The molecule has 2 aliphatic rings. The highest BCUT2D eigenvalue weighted by Crippen LogP contribution is 2.37. The van der Waals surface area contributed by atoms with Gasteiger partial charge in [0.05, 0.1) is 11.6 Å². The van der Waals surface area contributed by atoms with Crippen LogP contribution in [0.2, 0.25) is 0 Å². The van der Waals surface area contributed by atoms with Crippen molar-refractivity contribution in [3.8, 4) is 11.5 Å². The molecule has 188 valence electrons. The highest BCUT2D eigenvalue weighted by atomic mass is 79.9. The molecule has 2 aromatic carbocycles. The molecular formula is C26H26BrN3O6. The lowest BCUT2D eigenvalue weighted by atomic mass is 10.0. The lowest BCUT2D eigenvalue weighted by Gasteiger charge is -2.31. The molecule has 0 atom stereocenters. The number of amides is 5. The van der Waals surface area contributed by atoms with Crippen LogP contribution in [0.25, 0.3) is 6.08 Å². The summed E-state index contributed by atoms with van der Waals surface area (Å²) in [7, 11) is 1.44. The van der Waals surface area contributed by atoms with Gasteiger partial charge in [-0.1, -0.05) is 30.5 Å². The van der Waals surface area contributed by atoms with E-state index in [0.717, 1.165) is 36.1 Å².